The summed E-state index contributed by atoms with van der Waals surface area (Å²) in [4.78, 5) is 7.68. The van der Waals surface area contributed by atoms with Gasteiger partial charge in [0.05, 0.1) is 6.04 Å². The average molecular weight is 348 g/mol. The summed E-state index contributed by atoms with van der Waals surface area (Å²) in [5.41, 5.74) is 1.07. The van der Waals surface area contributed by atoms with Crippen LogP contribution in [0, 0.1) is 0 Å². The predicted molar refractivity (Wildman–Crippen MR) is 104 cm³/mol. The Labute approximate surface area is 151 Å². The molecule has 1 aliphatic heterocycles. The molecule has 1 heterocycles. The van der Waals surface area contributed by atoms with Gasteiger partial charge in [0.25, 0.3) is 0 Å². The summed E-state index contributed by atoms with van der Waals surface area (Å²) in [7, 11) is 0. The van der Waals surface area contributed by atoms with Crippen molar-refractivity contribution in [2.45, 2.75) is 83.3 Å². The third-order valence-corrected chi connectivity index (χ3v) is 5.67. The predicted octanol–water partition coefficient (Wildman–Crippen LogP) is 5.70. The monoisotopic (exact) mass is 347 g/mol. The van der Waals surface area contributed by atoms with Crippen molar-refractivity contribution >= 4 is 23.2 Å². The van der Waals surface area contributed by atoms with Gasteiger partial charge in [-0.15, -0.1) is 0 Å². The van der Waals surface area contributed by atoms with E-state index in [1.807, 2.05) is 24.3 Å². The molecule has 1 N–H and O–H groups in total. The molecule has 132 valence electrons. The lowest BCUT2D eigenvalue weighted by atomic mass is 9.95. The fraction of sp³-hybridized carbons (Fsp3) is 0.650. The SMILES string of the molecule is CC1CCCC(C)N1C(=NC1CCCCC1)Nc1ccc(Cl)cc1. The van der Waals surface area contributed by atoms with E-state index in [0.717, 1.165) is 16.7 Å². The number of nitrogens with one attached hydrogen (secondary N) is 1. The number of hydrogen-bond donors (Lipinski definition) is 1. The van der Waals surface area contributed by atoms with Gasteiger partial charge in [0.2, 0.25) is 0 Å². The second kappa shape index (κ2) is 8.24. The average Bonchev–Trinajstić information content (AvgIpc) is 2.57. The molecule has 3 nitrogen and oxygen atoms in total. The van der Waals surface area contributed by atoms with Crippen LogP contribution in [-0.4, -0.2) is 29.0 Å². The van der Waals surface area contributed by atoms with Crippen LogP contribution >= 0.6 is 11.6 Å². The van der Waals surface area contributed by atoms with Crippen LogP contribution in [0.15, 0.2) is 29.3 Å². The van der Waals surface area contributed by atoms with Crippen molar-refractivity contribution < 1.29 is 0 Å². The molecule has 2 aliphatic rings. The van der Waals surface area contributed by atoms with E-state index in [1.54, 1.807) is 0 Å². The van der Waals surface area contributed by atoms with Crippen molar-refractivity contribution in [3.8, 4) is 0 Å². The van der Waals surface area contributed by atoms with Crippen LogP contribution in [0.4, 0.5) is 5.69 Å². The number of nitrogens with zero attached hydrogens (tertiary/aromatic N) is 2. The third-order valence-electron chi connectivity index (χ3n) is 5.42. The summed E-state index contributed by atoms with van der Waals surface area (Å²) >= 11 is 6.03. The molecule has 3 rings (SSSR count). The number of likely N-dealkylation sites (tertiary alicyclic amines) is 1. The standard InChI is InChI=1S/C20H30ClN3/c1-15-7-6-8-16(2)24(15)20(22-18-9-4-3-5-10-18)23-19-13-11-17(21)12-14-19/h11-16,18H,3-10H2,1-2H3,(H,22,23). The number of hydrogen-bond acceptors (Lipinski definition) is 1. The van der Waals surface area contributed by atoms with Gasteiger partial charge < -0.3 is 10.2 Å². The van der Waals surface area contributed by atoms with Gasteiger partial charge >= 0.3 is 0 Å². The maximum absolute atomic E-state index is 6.03. The zero-order chi connectivity index (χ0) is 16.9. The zero-order valence-electron chi connectivity index (χ0n) is 15.0. The van der Waals surface area contributed by atoms with E-state index in [-0.39, 0.29) is 0 Å². The minimum absolute atomic E-state index is 0.467. The van der Waals surface area contributed by atoms with Crippen LogP contribution in [0.1, 0.15) is 65.2 Å². The Kier molecular flexibility index (Phi) is 6.04. The van der Waals surface area contributed by atoms with Crippen molar-refractivity contribution in [2.75, 3.05) is 5.32 Å². The van der Waals surface area contributed by atoms with Crippen molar-refractivity contribution in [3.05, 3.63) is 29.3 Å². The number of rotatable bonds is 2. The van der Waals surface area contributed by atoms with Crippen LogP contribution in [0.25, 0.3) is 0 Å². The third kappa shape index (κ3) is 4.44. The molecule has 1 saturated heterocycles. The van der Waals surface area contributed by atoms with E-state index < -0.39 is 0 Å². The van der Waals surface area contributed by atoms with Gasteiger partial charge in [-0.05, 0) is 70.2 Å². The molecule has 0 radical (unpaired) electrons. The molecule has 2 fully saturated rings. The molecule has 1 aromatic carbocycles. The first kappa shape index (κ1) is 17.6. The molecule has 0 spiro atoms. The Morgan fingerprint density at radius 3 is 2.21 bits per heavy atom. The maximum Gasteiger partial charge on any atom is 0.199 e. The highest BCUT2D eigenvalue weighted by Gasteiger charge is 2.28. The van der Waals surface area contributed by atoms with E-state index in [0.29, 0.717) is 18.1 Å². The first-order chi connectivity index (χ1) is 11.6. The molecule has 2 unspecified atom stereocenters. The fourth-order valence-corrected chi connectivity index (χ4v) is 4.17. The molecule has 0 bridgehead atoms. The zero-order valence-corrected chi connectivity index (χ0v) is 15.7. The molecule has 1 aliphatic carbocycles. The van der Waals surface area contributed by atoms with E-state index in [1.165, 1.54) is 51.4 Å². The van der Waals surface area contributed by atoms with Crippen molar-refractivity contribution in [2.24, 2.45) is 4.99 Å². The topological polar surface area (TPSA) is 27.6 Å². The molecule has 0 aromatic heterocycles. The summed E-state index contributed by atoms with van der Waals surface area (Å²) in [6.45, 7) is 4.66. The van der Waals surface area contributed by atoms with Crippen molar-refractivity contribution in [1.29, 1.82) is 0 Å². The van der Waals surface area contributed by atoms with E-state index in [9.17, 15) is 0 Å². The van der Waals surface area contributed by atoms with Crippen LogP contribution in [0.3, 0.4) is 0 Å². The van der Waals surface area contributed by atoms with Gasteiger partial charge in [-0.3, -0.25) is 0 Å². The number of piperidine rings is 1. The Balaban J connectivity index is 1.84. The second-order valence-electron chi connectivity index (χ2n) is 7.41. The first-order valence-corrected chi connectivity index (χ1v) is 9.90. The fourth-order valence-electron chi connectivity index (χ4n) is 4.05. The quantitative estimate of drug-likeness (QED) is 0.548. The van der Waals surface area contributed by atoms with Crippen LogP contribution in [0.5, 0.6) is 0 Å². The van der Waals surface area contributed by atoms with Crippen LogP contribution in [-0.2, 0) is 0 Å². The van der Waals surface area contributed by atoms with Gasteiger partial charge in [0.1, 0.15) is 0 Å². The largest absolute Gasteiger partial charge is 0.337 e. The molecular formula is C20H30ClN3. The highest BCUT2D eigenvalue weighted by Crippen LogP contribution is 2.26. The summed E-state index contributed by atoms with van der Waals surface area (Å²) in [6, 6.07) is 9.49. The van der Waals surface area contributed by atoms with E-state index in [4.69, 9.17) is 16.6 Å². The van der Waals surface area contributed by atoms with Crippen molar-refractivity contribution in [3.63, 3.8) is 0 Å². The van der Waals surface area contributed by atoms with Gasteiger partial charge in [0.15, 0.2) is 5.96 Å². The molecule has 1 aromatic rings. The Morgan fingerprint density at radius 2 is 1.58 bits per heavy atom. The lowest BCUT2D eigenvalue weighted by Crippen LogP contribution is -2.50. The second-order valence-corrected chi connectivity index (χ2v) is 7.85. The maximum atomic E-state index is 6.03. The minimum atomic E-state index is 0.467. The summed E-state index contributed by atoms with van der Waals surface area (Å²) in [5.74, 6) is 1.06. The molecule has 1 saturated carbocycles. The van der Waals surface area contributed by atoms with Gasteiger partial charge in [0, 0.05) is 22.8 Å². The van der Waals surface area contributed by atoms with Crippen LogP contribution < -0.4 is 5.32 Å². The number of anilines is 1. The van der Waals surface area contributed by atoms with Gasteiger partial charge in [-0.1, -0.05) is 30.9 Å². The number of aliphatic imine (C=N–C) groups is 1. The van der Waals surface area contributed by atoms with Crippen LogP contribution in [0.2, 0.25) is 5.02 Å². The number of halogens is 1. The van der Waals surface area contributed by atoms with E-state index in [2.05, 4.69) is 24.1 Å². The first-order valence-electron chi connectivity index (χ1n) is 9.52. The molecule has 2 atom stereocenters. The van der Waals surface area contributed by atoms with E-state index >= 15 is 0 Å². The Bertz CT molecular complexity index is 539. The lowest BCUT2D eigenvalue weighted by molar-refractivity contribution is 0.189. The summed E-state index contributed by atoms with van der Waals surface area (Å²) < 4.78 is 0. The summed E-state index contributed by atoms with van der Waals surface area (Å²) in [5, 5.41) is 4.37. The number of benzene rings is 1. The molecule has 24 heavy (non-hydrogen) atoms. The highest BCUT2D eigenvalue weighted by molar-refractivity contribution is 6.30. The number of guanidine groups is 1. The lowest BCUT2D eigenvalue weighted by Gasteiger charge is -2.41. The Hall–Kier alpha value is -1.22. The minimum Gasteiger partial charge on any atom is -0.337 e. The van der Waals surface area contributed by atoms with Gasteiger partial charge in [-0.25, -0.2) is 4.99 Å². The summed E-state index contributed by atoms with van der Waals surface area (Å²) in [6.07, 6.45) is 10.2. The highest BCUT2D eigenvalue weighted by atomic mass is 35.5. The molecular weight excluding hydrogens is 318 g/mol. The normalized spacial score (nSPS) is 26.5. The molecule has 0 amide bonds. The van der Waals surface area contributed by atoms with Crippen molar-refractivity contribution in [1.82, 2.24) is 4.90 Å². The van der Waals surface area contributed by atoms with Gasteiger partial charge in [-0.2, -0.15) is 0 Å². The smallest absolute Gasteiger partial charge is 0.199 e. The molecule has 4 heteroatoms. The Morgan fingerprint density at radius 1 is 0.958 bits per heavy atom.